The average Bonchev–Trinajstić information content (AvgIpc) is 2.13. The maximum atomic E-state index is 13.1. The fraction of sp³-hybridized carbons (Fsp3) is 0.333. The lowest BCUT2D eigenvalue weighted by molar-refractivity contribution is 0.164. The van der Waals surface area contributed by atoms with E-state index in [-0.39, 0.29) is 4.47 Å². The Morgan fingerprint density at radius 3 is 2.50 bits per heavy atom. The number of aliphatic hydroxyl groups is 1. The molecule has 2 atom stereocenters. The van der Waals surface area contributed by atoms with E-state index in [1.165, 1.54) is 13.0 Å². The van der Waals surface area contributed by atoms with Crippen LogP contribution in [-0.4, -0.2) is 11.2 Å². The van der Waals surface area contributed by atoms with Gasteiger partial charge in [-0.3, -0.25) is 0 Å². The van der Waals surface area contributed by atoms with Crippen LogP contribution in [0.5, 0.6) is 0 Å². The number of hydrogen-bond acceptors (Lipinski definition) is 2. The number of halogens is 3. The SMILES string of the molecule is C[C@H](O)[C@H](N)c1ccc(F)c(F)c1Br. The van der Waals surface area contributed by atoms with E-state index in [1.54, 1.807) is 0 Å². The first-order valence-electron chi connectivity index (χ1n) is 4.02. The molecular formula is C9H10BrF2NO. The predicted octanol–water partition coefficient (Wildman–Crippen LogP) is 2.11. The van der Waals surface area contributed by atoms with E-state index in [2.05, 4.69) is 15.9 Å². The van der Waals surface area contributed by atoms with Crippen molar-refractivity contribution in [3.63, 3.8) is 0 Å². The van der Waals surface area contributed by atoms with E-state index in [4.69, 9.17) is 5.73 Å². The van der Waals surface area contributed by atoms with Crippen LogP contribution in [0.2, 0.25) is 0 Å². The van der Waals surface area contributed by atoms with Gasteiger partial charge in [-0.1, -0.05) is 6.07 Å². The van der Waals surface area contributed by atoms with Crippen LogP contribution in [0.4, 0.5) is 8.78 Å². The highest BCUT2D eigenvalue weighted by atomic mass is 79.9. The van der Waals surface area contributed by atoms with Gasteiger partial charge in [0.15, 0.2) is 11.6 Å². The number of benzene rings is 1. The minimum atomic E-state index is -0.987. The fourth-order valence-corrected chi connectivity index (χ4v) is 1.64. The smallest absolute Gasteiger partial charge is 0.173 e. The molecule has 0 heterocycles. The normalized spacial score (nSPS) is 15.3. The molecule has 5 heteroatoms. The summed E-state index contributed by atoms with van der Waals surface area (Å²) in [5.41, 5.74) is 5.93. The van der Waals surface area contributed by atoms with Gasteiger partial charge in [0.25, 0.3) is 0 Å². The molecule has 0 amide bonds. The van der Waals surface area contributed by atoms with Gasteiger partial charge < -0.3 is 10.8 Å². The summed E-state index contributed by atoms with van der Waals surface area (Å²) < 4.78 is 25.7. The molecule has 1 aromatic carbocycles. The van der Waals surface area contributed by atoms with Crippen molar-refractivity contribution in [2.24, 2.45) is 5.73 Å². The number of nitrogens with two attached hydrogens (primary N) is 1. The Labute approximate surface area is 88.9 Å². The molecule has 0 bridgehead atoms. The van der Waals surface area contributed by atoms with Gasteiger partial charge in [0.2, 0.25) is 0 Å². The molecule has 0 unspecified atom stereocenters. The summed E-state index contributed by atoms with van der Waals surface area (Å²) in [6.45, 7) is 1.48. The highest BCUT2D eigenvalue weighted by molar-refractivity contribution is 9.10. The summed E-state index contributed by atoms with van der Waals surface area (Å²) in [5.74, 6) is -1.93. The Morgan fingerprint density at radius 1 is 1.43 bits per heavy atom. The van der Waals surface area contributed by atoms with Crippen LogP contribution in [-0.2, 0) is 0 Å². The summed E-state index contributed by atoms with van der Waals surface area (Å²) >= 11 is 2.89. The monoisotopic (exact) mass is 265 g/mol. The van der Waals surface area contributed by atoms with Gasteiger partial charge in [0.05, 0.1) is 16.6 Å². The molecular weight excluding hydrogens is 256 g/mol. The van der Waals surface area contributed by atoms with Crippen LogP contribution in [0.15, 0.2) is 16.6 Å². The van der Waals surface area contributed by atoms with Crippen LogP contribution in [0.3, 0.4) is 0 Å². The van der Waals surface area contributed by atoms with Crippen LogP contribution in [0, 0.1) is 11.6 Å². The third-order valence-corrected chi connectivity index (χ3v) is 2.75. The van der Waals surface area contributed by atoms with Crippen molar-refractivity contribution >= 4 is 15.9 Å². The van der Waals surface area contributed by atoms with Crippen molar-refractivity contribution in [1.82, 2.24) is 0 Å². The van der Waals surface area contributed by atoms with Gasteiger partial charge in [-0.15, -0.1) is 0 Å². The van der Waals surface area contributed by atoms with Crippen LogP contribution < -0.4 is 5.73 Å². The van der Waals surface area contributed by atoms with E-state index in [0.717, 1.165) is 6.07 Å². The molecule has 78 valence electrons. The molecule has 0 aromatic heterocycles. The summed E-state index contributed by atoms with van der Waals surface area (Å²) in [7, 11) is 0. The van der Waals surface area contributed by atoms with E-state index in [0.29, 0.717) is 5.56 Å². The largest absolute Gasteiger partial charge is 0.391 e. The lowest BCUT2D eigenvalue weighted by Crippen LogP contribution is -2.23. The Kier molecular flexibility index (Phi) is 3.58. The average molecular weight is 266 g/mol. The topological polar surface area (TPSA) is 46.2 Å². The Hall–Kier alpha value is -0.520. The lowest BCUT2D eigenvalue weighted by Gasteiger charge is -2.16. The number of rotatable bonds is 2. The quantitative estimate of drug-likeness (QED) is 0.805. The minimum Gasteiger partial charge on any atom is -0.391 e. The van der Waals surface area contributed by atoms with Gasteiger partial charge in [0.1, 0.15) is 0 Å². The second-order valence-electron chi connectivity index (χ2n) is 3.03. The Bertz CT molecular complexity index is 344. The minimum absolute atomic E-state index is 0.0362. The van der Waals surface area contributed by atoms with E-state index in [1.807, 2.05) is 0 Å². The highest BCUT2D eigenvalue weighted by Gasteiger charge is 2.19. The Balaban J connectivity index is 3.17. The van der Waals surface area contributed by atoms with Crippen molar-refractivity contribution in [2.75, 3.05) is 0 Å². The maximum absolute atomic E-state index is 13.1. The van der Waals surface area contributed by atoms with Crippen LogP contribution in [0.25, 0.3) is 0 Å². The molecule has 0 aliphatic heterocycles. The summed E-state index contributed by atoms with van der Waals surface area (Å²) in [5, 5.41) is 9.20. The molecule has 14 heavy (non-hydrogen) atoms. The first kappa shape index (κ1) is 11.6. The predicted molar refractivity (Wildman–Crippen MR) is 52.7 cm³/mol. The van der Waals surface area contributed by atoms with E-state index in [9.17, 15) is 13.9 Å². The molecule has 0 saturated heterocycles. The molecule has 0 aliphatic carbocycles. The van der Waals surface area contributed by atoms with Gasteiger partial charge in [-0.2, -0.15) is 0 Å². The first-order valence-corrected chi connectivity index (χ1v) is 4.81. The van der Waals surface area contributed by atoms with Crippen molar-refractivity contribution in [3.8, 4) is 0 Å². The third kappa shape index (κ3) is 2.10. The van der Waals surface area contributed by atoms with Crippen molar-refractivity contribution in [2.45, 2.75) is 19.1 Å². The van der Waals surface area contributed by atoms with Crippen molar-refractivity contribution in [3.05, 3.63) is 33.8 Å². The number of hydrogen-bond donors (Lipinski definition) is 2. The molecule has 2 nitrogen and oxygen atoms in total. The maximum Gasteiger partial charge on any atom is 0.173 e. The summed E-state index contributed by atoms with van der Waals surface area (Å²) in [6, 6.07) is 1.59. The van der Waals surface area contributed by atoms with E-state index >= 15 is 0 Å². The van der Waals surface area contributed by atoms with Crippen molar-refractivity contribution in [1.29, 1.82) is 0 Å². The van der Waals surface area contributed by atoms with Crippen LogP contribution in [0.1, 0.15) is 18.5 Å². The molecule has 0 fully saturated rings. The molecule has 1 rings (SSSR count). The number of aliphatic hydroxyl groups excluding tert-OH is 1. The van der Waals surface area contributed by atoms with E-state index < -0.39 is 23.8 Å². The molecule has 0 saturated carbocycles. The van der Waals surface area contributed by atoms with Gasteiger partial charge in [-0.25, -0.2) is 8.78 Å². The van der Waals surface area contributed by atoms with Gasteiger partial charge in [-0.05, 0) is 34.5 Å². The van der Waals surface area contributed by atoms with Crippen LogP contribution >= 0.6 is 15.9 Å². The fourth-order valence-electron chi connectivity index (χ4n) is 1.06. The first-order chi connectivity index (χ1) is 6.45. The summed E-state index contributed by atoms with van der Waals surface area (Å²) in [4.78, 5) is 0. The second kappa shape index (κ2) is 4.33. The Morgan fingerprint density at radius 2 is 2.00 bits per heavy atom. The molecule has 1 aromatic rings. The molecule has 0 radical (unpaired) electrons. The van der Waals surface area contributed by atoms with Crippen molar-refractivity contribution < 1.29 is 13.9 Å². The second-order valence-corrected chi connectivity index (χ2v) is 3.82. The standard InChI is InChI=1S/C9H10BrF2NO/c1-4(14)9(13)5-2-3-6(11)8(12)7(5)10/h2-4,9,14H,13H2,1H3/t4-,9-/m0/s1. The summed E-state index contributed by atoms with van der Waals surface area (Å²) in [6.07, 6.45) is -0.823. The molecule has 3 N–H and O–H groups in total. The van der Waals surface area contributed by atoms with Gasteiger partial charge >= 0.3 is 0 Å². The zero-order valence-corrected chi connectivity index (χ0v) is 9.05. The molecule has 0 spiro atoms. The van der Waals surface area contributed by atoms with Gasteiger partial charge in [0, 0.05) is 0 Å². The lowest BCUT2D eigenvalue weighted by atomic mass is 10.0. The zero-order chi connectivity index (χ0) is 10.9. The third-order valence-electron chi connectivity index (χ3n) is 1.94. The zero-order valence-electron chi connectivity index (χ0n) is 7.47. The molecule has 0 aliphatic rings. The highest BCUT2D eigenvalue weighted by Crippen LogP contribution is 2.28.